The van der Waals surface area contributed by atoms with Crippen LogP contribution in [-0.4, -0.2) is 32.2 Å². The highest BCUT2D eigenvalue weighted by molar-refractivity contribution is 5.99. The molecule has 3 aromatic heterocycles. The summed E-state index contributed by atoms with van der Waals surface area (Å²) in [5.41, 5.74) is 5.44. The Hall–Kier alpha value is -4.33. The minimum absolute atomic E-state index is 0.0627. The number of pyridine rings is 2. The van der Waals surface area contributed by atoms with Crippen LogP contribution in [0.5, 0.6) is 0 Å². The van der Waals surface area contributed by atoms with Crippen LogP contribution in [0.1, 0.15) is 35.8 Å². The van der Waals surface area contributed by atoms with Gasteiger partial charge in [0.1, 0.15) is 0 Å². The van der Waals surface area contributed by atoms with Gasteiger partial charge in [0.15, 0.2) is 11.5 Å². The number of esters is 1. The van der Waals surface area contributed by atoms with Crippen molar-refractivity contribution < 1.29 is 13.9 Å². The molecule has 2 aromatic carbocycles. The predicted molar refractivity (Wildman–Crippen MR) is 138 cm³/mol. The van der Waals surface area contributed by atoms with Gasteiger partial charge in [0.05, 0.1) is 23.8 Å². The normalized spacial score (nSPS) is 11.5. The van der Waals surface area contributed by atoms with Crippen LogP contribution >= 0.6 is 0 Å². The minimum Gasteiger partial charge on any atom is -0.464 e. The van der Waals surface area contributed by atoms with Gasteiger partial charge in [-0.05, 0) is 52.3 Å². The number of ether oxygens (including phenoxy) is 1. The molecule has 0 spiro atoms. The molecule has 0 aliphatic heterocycles. The molecule has 0 saturated carbocycles. The number of fused-ring (bicyclic) bond motifs is 2. The summed E-state index contributed by atoms with van der Waals surface area (Å²) < 4.78 is 22.4. The summed E-state index contributed by atoms with van der Waals surface area (Å²) in [4.78, 5) is 32.8. The largest absolute Gasteiger partial charge is 0.464 e. The topological polar surface area (TPSA) is 79.0 Å². The number of carbonyl (C=O) groups is 1. The van der Waals surface area contributed by atoms with Crippen molar-refractivity contribution >= 4 is 27.8 Å². The Balaban J connectivity index is 1.66. The smallest absolute Gasteiger partial charge is 0.359 e. The fourth-order valence-corrected chi connectivity index (χ4v) is 4.69. The molecule has 0 saturated heterocycles. The molecule has 36 heavy (non-hydrogen) atoms. The first-order valence-electron chi connectivity index (χ1n) is 11.5. The third kappa shape index (κ3) is 3.66. The van der Waals surface area contributed by atoms with E-state index in [4.69, 9.17) is 0 Å². The van der Waals surface area contributed by atoms with E-state index in [0.29, 0.717) is 11.3 Å². The fraction of sp³-hybridized carbons (Fsp3) is 0.214. The number of aromatic nitrogens is 4. The van der Waals surface area contributed by atoms with Crippen molar-refractivity contribution in [1.82, 2.24) is 19.1 Å². The van der Waals surface area contributed by atoms with Gasteiger partial charge >= 0.3 is 11.7 Å². The summed E-state index contributed by atoms with van der Waals surface area (Å²) >= 11 is 0. The van der Waals surface area contributed by atoms with Crippen molar-refractivity contribution in [3.63, 3.8) is 0 Å². The zero-order valence-corrected chi connectivity index (χ0v) is 20.7. The molecule has 5 aromatic rings. The van der Waals surface area contributed by atoms with Crippen LogP contribution in [0.25, 0.3) is 44.2 Å². The van der Waals surface area contributed by atoms with Crippen LogP contribution in [0.3, 0.4) is 0 Å². The number of nitrogens with zero attached hydrogens (tertiary/aromatic N) is 4. The molecule has 0 amide bonds. The van der Waals surface area contributed by atoms with Crippen LogP contribution in [0.15, 0.2) is 59.7 Å². The zero-order valence-electron chi connectivity index (χ0n) is 20.7. The molecule has 0 fully saturated rings. The molecule has 0 bridgehead atoms. The summed E-state index contributed by atoms with van der Waals surface area (Å²) in [6.07, 6.45) is 3.17. The van der Waals surface area contributed by atoms with Crippen LogP contribution in [-0.2, 0) is 18.8 Å². The lowest BCUT2D eigenvalue weighted by Crippen LogP contribution is -2.19. The van der Waals surface area contributed by atoms with E-state index in [-0.39, 0.29) is 17.3 Å². The first-order chi connectivity index (χ1) is 17.2. The number of aryl methyl sites for hydroxylation is 2. The molecule has 0 unspecified atom stereocenters. The third-order valence-corrected chi connectivity index (χ3v) is 6.60. The Labute approximate surface area is 206 Å². The van der Waals surface area contributed by atoms with E-state index in [2.05, 4.69) is 34.6 Å². The number of rotatable bonds is 4. The number of benzene rings is 2. The standard InChI is InChI=1S/C28H25FN4O3/c1-15(2)20-9-17(12-24-26(20)33(4)28(35)32(24)3)19-8-6-7-16-11-23(30-14-21(16)19)18-10-22(29)25(31-13-18)27(34)36-5/h6-15H,1-5H3. The second kappa shape index (κ2) is 8.71. The van der Waals surface area contributed by atoms with E-state index in [9.17, 15) is 14.0 Å². The van der Waals surface area contributed by atoms with Gasteiger partial charge in [0, 0.05) is 37.4 Å². The van der Waals surface area contributed by atoms with Crippen molar-refractivity contribution in [2.24, 2.45) is 14.1 Å². The van der Waals surface area contributed by atoms with Crippen molar-refractivity contribution in [1.29, 1.82) is 0 Å². The van der Waals surface area contributed by atoms with Crippen LogP contribution in [0.2, 0.25) is 0 Å². The van der Waals surface area contributed by atoms with Gasteiger partial charge in [-0.2, -0.15) is 0 Å². The molecule has 5 rings (SSSR count). The van der Waals surface area contributed by atoms with E-state index in [1.54, 1.807) is 29.4 Å². The van der Waals surface area contributed by atoms with Gasteiger partial charge in [-0.25, -0.2) is 19.0 Å². The SMILES string of the molecule is COC(=O)c1ncc(-c2cc3cccc(-c4cc(C(C)C)c5c(c4)n(C)c(=O)n5C)c3cn2)cc1F. The summed E-state index contributed by atoms with van der Waals surface area (Å²) in [7, 11) is 4.77. The molecule has 0 aliphatic rings. The fourth-order valence-electron chi connectivity index (χ4n) is 4.69. The summed E-state index contributed by atoms with van der Waals surface area (Å²) in [5.74, 6) is -1.38. The lowest BCUT2D eigenvalue weighted by Gasteiger charge is -2.14. The average Bonchev–Trinajstić information content (AvgIpc) is 3.10. The lowest BCUT2D eigenvalue weighted by molar-refractivity contribution is 0.0588. The van der Waals surface area contributed by atoms with E-state index >= 15 is 0 Å². The first-order valence-corrected chi connectivity index (χ1v) is 11.5. The molecule has 0 N–H and O–H groups in total. The molecule has 0 radical (unpaired) electrons. The molecule has 7 nitrogen and oxygen atoms in total. The Morgan fingerprint density at radius 3 is 2.47 bits per heavy atom. The van der Waals surface area contributed by atoms with E-state index in [1.165, 1.54) is 19.4 Å². The van der Waals surface area contributed by atoms with Crippen LogP contribution in [0.4, 0.5) is 4.39 Å². The molecular formula is C28H25FN4O3. The maximum atomic E-state index is 14.4. The highest BCUT2D eigenvalue weighted by Gasteiger charge is 2.18. The number of imidazole rings is 1. The van der Waals surface area contributed by atoms with E-state index in [0.717, 1.165) is 38.5 Å². The van der Waals surface area contributed by atoms with Gasteiger partial charge in [-0.15, -0.1) is 0 Å². The van der Waals surface area contributed by atoms with Crippen molar-refractivity contribution in [2.45, 2.75) is 19.8 Å². The summed E-state index contributed by atoms with van der Waals surface area (Å²) in [6, 6.07) is 13.2. The quantitative estimate of drug-likeness (QED) is 0.328. The highest BCUT2D eigenvalue weighted by Crippen LogP contribution is 2.35. The van der Waals surface area contributed by atoms with Gasteiger partial charge in [0.25, 0.3) is 0 Å². The number of halogens is 1. The molecule has 182 valence electrons. The highest BCUT2D eigenvalue weighted by atomic mass is 19.1. The van der Waals surface area contributed by atoms with Crippen molar-refractivity contribution in [3.05, 3.63) is 82.4 Å². The summed E-state index contributed by atoms with van der Waals surface area (Å²) in [6.45, 7) is 4.23. The van der Waals surface area contributed by atoms with Gasteiger partial charge < -0.3 is 4.74 Å². The zero-order chi connectivity index (χ0) is 25.7. The Morgan fingerprint density at radius 2 is 1.78 bits per heavy atom. The maximum Gasteiger partial charge on any atom is 0.359 e. The predicted octanol–water partition coefficient (Wildman–Crippen LogP) is 5.20. The Bertz CT molecular complexity index is 1730. The van der Waals surface area contributed by atoms with E-state index in [1.807, 2.05) is 30.3 Å². The Morgan fingerprint density at radius 1 is 1.00 bits per heavy atom. The number of carbonyl (C=O) groups excluding carboxylic acids is 1. The van der Waals surface area contributed by atoms with Gasteiger partial charge in [-0.3, -0.25) is 14.1 Å². The van der Waals surface area contributed by atoms with Crippen molar-refractivity contribution in [2.75, 3.05) is 7.11 Å². The lowest BCUT2D eigenvalue weighted by atomic mass is 9.93. The van der Waals surface area contributed by atoms with Crippen molar-refractivity contribution in [3.8, 4) is 22.4 Å². The molecule has 3 heterocycles. The number of hydrogen-bond donors (Lipinski definition) is 0. The minimum atomic E-state index is -0.830. The van der Waals surface area contributed by atoms with Crippen LogP contribution in [0, 0.1) is 5.82 Å². The van der Waals surface area contributed by atoms with Gasteiger partial charge in [-0.1, -0.05) is 32.0 Å². The number of hydrogen-bond acceptors (Lipinski definition) is 5. The first kappa shape index (κ1) is 23.4. The molecule has 0 atom stereocenters. The molecule has 8 heteroatoms. The summed E-state index contributed by atoms with van der Waals surface area (Å²) in [5, 5.41) is 1.85. The molecule has 0 aliphatic carbocycles. The third-order valence-electron chi connectivity index (χ3n) is 6.60. The Kier molecular flexibility index (Phi) is 5.67. The average molecular weight is 485 g/mol. The molecular weight excluding hydrogens is 459 g/mol. The second-order valence-corrected chi connectivity index (χ2v) is 9.13. The van der Waals surface area contributed by atoms with Crippen LogP contribution < -0.4 is 5.69 Å². The maximum absolute atomic E-state index is 14.4. The van der Waals surface area contributed by atoms with E-state index < -0.39 is 11.8 Å². The monoisotopic (exact) mass is 484 g/mol. The number of methoxy groups -OCH3 is 1. The second-order valence-electron chi connectivity index (χ2n) is 9.13. The van der Waals surface area contributed by atoms with Gasteiger partial charge in [0.2, 0.25) is 0 Å².